The maximum absolute atomic E-state index is 12.5. The van der Waals surface area contributed by atoms with Gasteiger partial charge in [-0.2, -0.15) is 0 Å². The van der Waals surface area contributed by atoms with Crippen LogP contribution in [0.1, 0.15) is 55.2 Å². The summed E-state index contributed by atoms with van der Waals surface area (Å²) in [6, 6.07) is 4.46. The molecule has 1 aromatic carbocycles. The highest BCUT2D eigenvalue weighted by molar-refractivity contribution is 6.01. The Labute approximate surface area is 143 Å². The summed E-state index contributed by atoms with van der Waals surface area (Å²) >= 11 is 0. The van der Waals surface area contributed by atoms with Crippen LogP contribution in [0.4, 0.5) is 0 Å². The number of imide groups is 1. The predicted molar refractivity (Wildman–Crippen MR) is 90.9 cm³/mol. The molecule has 1 N–H and O–H groups in total. The van der Waals surface area contributed by atoms with Crippen molar-refractivity contribution in [1.82, 2.24) is 5.32 Å². The molecule has 0 radical (unpaired) electrons. The lowest BCUT2D eigenvalue weighted by molar-refractivity contribution is -0.151. The van der Waals surface area contributed by atoms with Crippen LogP contribution in [-0.2, 0) is 16.0 Å². The zero-order valence-electron chi connectivity index (χ0n) is 14.6. The third kappa shape index (κ3) is 2.11. The van der Waals surface area contributed by atoms with Crippen molar-refractivity contribution >= 4 is 11.8 Å². The zero-order chi connectivity index (χ0) is 17.1. The predicted octanol–water partition coefficient (Wildman–Crippen LogP) is 3.11. The van der Waals surface area contributed by atoms with E-state index in [1.165, 1.54) is 16.7 Å². The van der Waals surface area contributed by atoms with Crippen molar-refractivity contribution in [2.75, 3.05) is 7.11 Å². The van der Waals surface area contributed by atoms with Crippen LogP contribution in [0, 0.1) is 24.2 Å². The Bertz CT molecular complexity index is 726. The Hall–Kier alpha value is -1.84. The topological polar surface area (TPSA) is 55.4 Å². The molecule has 2 amide bonds. The molecule has 1 saturated heterocycles. The van der Waals surface area contributed by atoms with Gasteiger partial charge in [-0.05, 0) is 73.1 Å². The van der Waals surface area contributed by atoms with Crippen molar-refractivity contribution in [2.45, 2.75) is 51.9 Å². The Morgan fingerprint density at radius 3 is 2.79 bits per heavy atom. The fourth-order valence-corrected chi connectivity index (χ4v) is 5.44. The van der Waals surface area contributed by atoms with E-state index in [1.807, 2.05) is 0 Å². The second-order valence-electron chi connectivity index (χ2n) is 7.97. The lowest BCUT2D eigenvalue weighted by atomic mass is 9.52. The Kier molecular flexibility index (Phi) is 3.48. The van der Waals surface area contributed by atoms with E-state index in [1.54, 1.807) is 7.11 Å². The van der Waals surface area contributed by atoms with E-state index in [2.05, 4.69) is 31.3 Å². The standard InChI is InChI=1S/C20H25NO3/c1-11-8-12-4-5-14-13(15(12)9-17(11)24-3)6-7-20(2)16(14)10-18(22)21-19(20)23/h8-9,13-14,16H,4-7,10H2,1-3H3,(H,21,22,23)/t13?,14?,16?,20-/m0/s1. The Morgan fingerprint density at radius 1 is 1.25 bits per heavy atom. The molecule has 0 spiro atoms. The first kappa shape index (κ1) is 15.7. The Balaban J connectivity index is 1.74. The summed E-state index contributed by atoms with van der Waals surface area (Å²) in [4.78, 5) is 24.5. The minimum Gasteiger partial charge on any atom is -0.496 e. The van der Waals surface area contributed by atoms with Crippen molar-refractivity contribution < 1.29 is 14.3 Å². The van der Waals surface area contributed by atoms with Crippen molar-refractivity contribution in [3.8, 4) is 5.75 Å². The highest BCUT2D eigenvalue weighted by Gasteiger charge is 2.54. The molecule has 4 nitrogen and oxygen atoms in total. The maximum atomic E-state index is 12.5. The number of hydrogen-bond donors (Lipinski definition) is 1. The van der Waals surface area contributed by atoms with Crippen molar-refractivity contribution in [3.63, 3.8) is 0 Å². The number of piperidine rings is 1. The van der Waals surface area contributed by atoms with Crippen LogP contribution in [0.3, 0.4) is 0 Å². The fourth-order valence-electron chi connectivity index (χ4n) is 5.44. The molecule has 4 heteroatoms. The molecule has 4 atom stereocenters. The zero-order valence-corrected chi connectivity index (χ0v) is 14.6. The number of carbonyl (C=O) groups is 2. The maximum Gasteiger partial charge on any atom is 0.232 e. The number of fused-ring (bicyclic) bond motifs is 5. The van der Waals surface area contributed by atoms with Gasteiger partial charge in [0.25, 0.3) is 0 Å². The lowest BCUT2D eigenvalue weighted by Crippen LogP contribution is -2.57. The largest absolute Gasteiger partial charge is 0.496 e. The summed E-state index contributed by atoms with van der Waals surface area (Å²) in [6.45, 7) is 4.15. The van der Waals surface area contributed by atoms with Crippen molar-refractivity contribution in [2.24, 2.45) is 17.3 Å². The van der Waals surface area contributed by atoms with E-state index >= 15 is 0 Å². The minimum absolute atomic E-state index is 0.0607. The molecule has 1 aromatic rings. The molecule has 3 unspecified atom stereocenters. The van der Waals surface area contributed by atoms with Crippen molar-refractivity contribution in [1.29, 1.82) is 0 Å². The summed E-state index contributed by atoms with van der Waals surface area (Å²) in [5.74, 6) is 1.81. The van der Waals surface area contributed by atoms with Crippen molar-refractivity contribution in [3.05, 3.63) is 28.8 Å². The first-order chi connectivity index (χ1) is 11.4. The van der Waals surface area contributed by atoms with Gasteiger partial charge in [-0.1, -0.05) is 13.0 Å². The molecule has 3 aliphatic rings. The van der Waals surface area contributed by atoms with Gasteiger partial charge < -0.3 is 4.74 Å². The average molecular weight is 327 g/mol. The molecule has 0 aromatic heterocycles. The molecule has 0 bridgehead atoms. The van der Waals surface area contributed by atoms with Gasteiger partial charge in [0.1, 0.15) is 5.75 Å². The number of hydrogen-bond acceptors (Lipinski definition) is 3. The van der Waals surface area contributed by atoms with E-state index in [0.717, 1.165) is 31.4 Å². The van der Waals surface area contributed by atoms with Crippen LogP contribution < -0.4 is 10.1 Å². The molecule has 128 valence electrons. The van der Waals surface area contributed by atoms with E-state index in [0.29, 0.717) is 18.3 Å². The van der Waals surface area contributed by atoms with Gasteiger partial charge >= 0.3 is 0 Å². The van der Waals surface area contributed by atoms with Crippen LogP contribution in [0.25, 0.3) is 0 Å². The summed E-state index contributed by atoms with van der Waals surface area (Å²) < 4.78 is 5.53. The molecule has 1 saturated carbocycles. The molecule has 4 rings (SSSR count). The number of rotatable bonds is 1. The van der Waals surface area contributed by atoms with Gasteiger partial charge in [-0.25, -0.2) is 0 Å². The van der Waals surface area contributed by atoms with Gasteiger partial charge in [0.2, 0.25) is 11.8 Å². The van der Waals surface area contributed by atoms with Gasteiger partial charge in [0, 0.05) is 6.42 Å². The molecule has 2 aliphatic carbocycles. The monoisotopic (exact) mass is 327 g/mol. The molecular weight excluding hydrogens is 302 g/mol. The van der Waals surface area contributed by atoms with Gasteiger partial charge in [0.05, 0.1) is 12.5 Å². The number of nitrogens with one attached hydrogen (secondary N) is 1. The number of benzene rings is 1. The van der Waals surface area contributed by atoms with Crippen LogP contribution in [-0.4, -0.2) is 18.9 Å². The number of aryl methyl sites for hydroxylation is 2. The summed E-state index contributed by atoms with van der Waals surface area (Å²) in [7, 11) is 1.72. The SMILES string of the molecule is COc1cc2c(cc1C)CCC1C2CC[C@]2(C)C(=O)NC(=O)CC12. The number of ether oxygens (including phenoxy) is 1. The van der Waals surface area contributed by atoms with E-state index in [9.17, 15) is 9.59 Å². The number of methoxy groups -OCH3 is 1. The quantitative estimate of drug-likeness (QED) is 0.806. The number of carbonyl (C=O) groups excluding carboxylic acids is 2. The second-order valence-corrected chi connectivity index (χ2v) is 7.97. The van der Waals surface area contributed by atoms with E-state index < -0.39 is 0 Å². The third-order valence-electron chi connectivity index (χ3n) is 6.81. The first-order valence-corrected chi connectivity index (χ1v) is 8.95. The second kappa shape index (κ2) is 5.33. The third-order valence-corrected chi connectivity index (χ3v) is 6.81. The molecule has 1 heterocycles. The van der Waals surface area contributed by atoms with Crippen LogP contribution in [0.5, 0.6) is 5.75 Å². The summed E-state index contributed by atoms with van der Waals surface area (Å²) in [5, 5.41) is 2.56. The molecule has 24 heavy (non-hydrogen) atoms. The average Bonchev–Trinajstić information content (AvgIpc) is 2.55. The first-order valence-electron chi connectivity index (χ1n) is 8.95. The van der Waals surface area contributed by atoms with Gasteiger partial charge in [-0.3, -0.25) is 14.9 Å². The lowest BCUT2D eigenvalue weighted by Gasteiger charge is -2.52. The van der Waals surface area contributed by atoms with Crippen LogP contribution in [0.15, 0.2) is 12.1 Å². The summed E-state index contributed by atoms with van der Waals surface area (Å²) in [5.41, 5.74) is 3.60. The van der Waals surface area contributed by atoms with E-state index in [4.69, 9.17) is 4.74 Å². The molecular formula is C20H25NO3. The fraction of sp³-hybridized carbons (Fsp3) is 0.600. The normalized spacial score (nSPS) is 34.7. The highest BCUT2D eigenvalue weighted by atomic mass is 16.5. The Morgan fingerprint density at radius 2 is 2.04 bits per heavy atom. The molecule has 2 fully saturated rings. The molecule has 1 aliphatic heterocycles. The smallest absolute Gasteiger partial charge is 0.232 e. The minimum atomic E-state index is -0.388. The van der Waals surface area contributed by atoms with Crippen LogP contribution in [0.2, 0.25) is 0 Å². The van der Waals surface area contributed by atoms with Gasteiger partial charge in [-0.15, -0.1) is 0 Å². The summed E-state index contributed by atoms with van der Waals surface area (Å²) in [6.07, 6.45) is 4.46. The highest BCUT2D eigenvalue weighted by Crippen LogP contribution is 2.57. The number of amides is 2. The van der Waals surface area contributed by atoms with Crippen LogP contribution >= 0.6 is 0 Å². The van der Waals surface area contributed by atoms with Gasteiger partial charge in [0.15, 0.2) is 0 Å². The van der Waals surface area contributed by atoms with E-state index in [-0.39, 0.29) is 23.1 Å².